The number of hydrogen-bond donors (Lipinski definition) is 1. The van der Waals surface area contributed by atoms with E-state index >= 15 is 0 Å². The summed E-state index contributed by atoms with van der Waals surface area (Å²) in [7, 11) is -3.18. The topological polar surface area (TPSA) is 54.4 Å². The van der Waals surface area contributed by atoms with Crippen molar-refractivity contribution in [2.45, 2.75) is 22.6 Å². The summed E-state index contributed by atoms with van der Waals surface area (Å²) in [6.45, 7) is 0.122. The van der Waals surface area contributed by atoms with Gasteiger partial charge in [0, 0.05) is 17.8 Å². The van der Waals surface area contributed by atoms with Crippen molar-refractivity contribution in [2.24, 2.45) is 0 Å². The average molecular weight is 260 g/mol. The van der Waals surface area contributed by atoms with Crippen molar-refractivity contribution in [1.29, 1.82) is 0 Å². The molecule has 0 bridgehead atoms. The highest BCUT2D eigenvalue weighted by Crippen LogP contribution is 2.29. The minimum atomic E-state index is -3.18. The van der Waals surface area contributed by atoms with Crippen LogP contribution >= 0.6 is 11.8 Å². The van der Waals surface area contributed by atoms with Crippen LogP contribution in [0.2, 0.25) is 0 Å². The Kier molecular flexibility index (Phi) is 4.83. The highest BCUT2D eigenvalue weighted by molar-refractivity contribution is 7.99. The minimum Gasteiger partial charge on any atom is -0.396 e. The third-order valence-corrected chi connectivity index (χ3v) is 4.43. The zero-order valence-corrected chi connectivity index (χ0v) is 11.1. The van der Waals surface area contributed by atoms with Crippen LogP contribution in [-0.2, 0) is 16.3 Å². The van der Waals surface area contributed by atoms with E-state index in [1.54, 1.807) is 12.1 Å². The molecule has 0 heterocycles. The summed E-state index contributed by atoms with van der Waals surface area (Å²) >= 11 is 1.44. The molecule has 3 nitrogen and oxygen atoms in total. The summed E-state index contributed by atoms with van der Waals surface area (Å²) in [6, 6.07) is 5.29. The Balaban J connectivity index is 3.21. The van der Waals surface area contributed by atoms with Crippen LogP contribution in [0.5, 0.6) is 0 Å². The number of aryl methyl sites for hydroxylation is 1. The summed E-state index contributed by atoms with van der Waals surface area (Å²) in [5, 5.41) is 8.80. The minimum absolute atomic E-state index is 0.122. The lowest BCUT2D eigenvalue weighted by molar-refractivity contribution is 0.288. The first-order valence-corrected chi connectivity index (χ1v) is 8.09. The molecule has 0 aliphatic carbocycles. The zero-order chi connectivity index (χ0) is 12.2. The van der Waals surface area contributed by atoms with Crippen LogP contribution in [0.1, 0.15) is 12.0 Å². The molecule has 0 radical (unpaired) electrons. The number of hydrogen-bond acceptors (Lipinski definition) is 4. The second-order valence-corrected chi connectivity index (χ2v) is 6.35. The molecule has 1 aromatic rings. The van der Waals surface area contributed by atoms with E-state index in [4.69, 9.17) is 5.11 Å². The molecular weight excluding hydrogens is 244 g/mol. The van der Waals surface area contributed by atoms with Crippen LogP contribution in [0.3, 0.4) is 0 Å². The molecule has 0 amide bonds. The maximum atomic E-state index is 11.6. The molecule has 0 saturated heterocycles. The van der Waals surface area contributed by atoms with Gasteiger partial charge in [0.05, 0.1) is 4.90 Å². The number of aliphatic hydroxyl groups is 1. The van der Waals surface area contributed by atoms with Gasteiger partial charge in [-0.15, -0.1) is 11.8 Å². The molecule has 0 fully saturated rings. The highest BCUT2D eigenvalue weighted by Gasteiger charge is 2.15. The molecule has 1 aromatic carbocycles. The molecule has 16 heavy (non-hydrogen) atoms. The van der Waals surface area contributed by atoms with Gasteiger partial charge in [-0.2, -0.15) is 0 Å². The Morgan fingerprint density at radius 3 is 2.56 bits per heavy atom. The number of aliphatic hydroxyl groups excluding tert-OH is 1. The standard InChI is InChI=1S/C11H16O3S2/c1-15-11-9(6-4-8-12)5-3-7-10(11)16(2,13)14/h3,5,7,12H,4,6,8H2,1-2H3. The third-order valence-electron chi connectivity index (χ3n) is 2.27. The monoisotopic (exact) mass is 260 g/mol. The molecule has 0 atom stereocenters. The number of thioether (sulfide) groups is 1. The van der Waals surface area contributed by atoms with Gasteiger partial charge in [-0.1, -0.05) is 12.1 Å². The Morgan fingerprint density at radius 2 is 2.06 bits per heavy atom. The van der Waals surface area contributed by atoms with Crippen LogP contribution in [0.15, 0.2) is 28.0 Å². The second kappa shape index (κ2) is 5.70. The van der Waals surface area contributed by atoms with E-state index in [0.717, 1.165) is 10.5 Å². The van der Waals surface area contributed by atoms with Crippen LogP contribution in [0, 0.1) is 0 Å². The first kappa shape index (κ1) is 13.5. The van der Waals surface area contributed by atoms with Crippen molar-refractivity contribution in [3.63, 3.8) is 0 Å². The largest absolute Gasteiger partial charge is 0.396 e. The van der Waals surface area contributed by atoms with Crippen molar-refractivity contribution < 1.29 is 13.5 Å². The van der Waals surface area contributed by atoms with E-state index in [1.165, 1.54) is 18.0 Å². The molecule has 1 rings (SSSR count). The summed E-state index contributed by atoms with van der Waals surface area (Å²) in [6.07, 6.45) is 4.45. The fourth-order valence-electron chi connectivity index (χ4n) is 1.55. The smallest absolute Gasteiger partial charge is 0.176 e. The quantitative estimate of drug-likeness (QED) is 0.819. The zero-order valence-electron chi connectivity index (χ0n) is 9.43. The van der Waals surface area contributed by atoms with Gasteiger partial charge in [0.25, 0.3) is 0 Å². The maximum Gasteiger partial charge on any atom is 0.176 e. The first-order valence-electron chi connectivity index (χ1n) is 4.97. The van der Waals surface area contributed by atoms with E-state index < -0.39 is 9.84 Å². The lowest BCUT2D eigenvalue weighted by Gasteiger charge is -2.11. The van der Waals surface area contributed by atoms with Gasteiger partial charge < -0.3 is 5.11 Å². The molecule has 0 aliphatic heterocycles. The molecule has 0 aliphatic rings. The summed E-state index contributed by atoms with van der Waals surface area (Å²) in [4.78, 5) is 1.19. The molecule has 90 valence electrons. The van der Waals surface area contributed by atoms with E-state index in [2.05, 4.69) is 0 Å². The van der Waals surface area contributed by atoms with Crippen molar-refractivity contribution in [3.8, 4) is 0 Å². The Hall–Kier alpha value is -0.520. The van der Waals surface area contributed by atoms with Gasteiger partial charge in [0.15, 0.2) is 9.84 Å². The SMILES string of the molecule is CSc1c(CCCO)cccc1S(C)(=O)=O. The van der Waals surface area contributed by atoms with Crippen LogP contribution in [0.4, 0.5) is 0 Å². The summed E-state index contributed by atoms with van der Waals surface area (Å²) < 4.78 is 23.2. The molecule has 0 spiro atoms. The number of rotatable bonds is 5. The summed E-state index contributed by atoms with van der Waals surface area (Å²) in [5.74, 6) is 0. The fraction of sp³-hybridized carbons (Fsp3) is 0.455. The van der Waals surface area contributed by atoms with Crippen molar-refractivity contribution in [3.05, 3.63) is 23.8 Å². The third kappa shape index (κ3) is 3.23. The predicted octanol–water partition coefficient (Wildman–Crippen LogP) is 1.74. The molecule has 1 N–H and O–H groups in total. The normalized spacial score (nSPS) is 11.7. The Morgan fingerprint density at radius 1 is 1.38 bits per heavy atom. The van der Waals surface area contributed by atoms with E-state index in [-0.39, 0.29) is 6.61 Å². The van der Waals surface area contributed by atoms with Gasteiger partial charge in [-0.3, -0.25) is 0 Å². The molecule has 0 unspecified atom stereocenters. The number of benzene rings is 1. The van der Waals surface area contributed by atoms with Crippen LogP contribution < -0.4 is 0 Å². The number of sulfone groups is 1. The van der Waals surface area contributed by atoms with Crippen LogP contribution in [0.25, 0.3) is 0 Å². The van der Waals surface area contributed by atoms with Gasteiger partial charge >= 0.3 is 0 Å². The highest BCUT2D eigenvalue weighted by atomic mass is 32.2. The lowest BCUT2D eigenvalue weighted by Crippen LogP contribution is -2.02. The summed E-state index contributed by atoms with van der Waals surface area (Å²) in [5.41, 5.74) is 0.990. The predicted molar refractivity (Wildman–Crippen MR) is 66.7 cm³/mol. The molecule has 5 heteroatoms. The fourth-order valence-corrected chi connectivity index (χ4v) is 3.75. The van der Waals surface area contributed by atoms with Gasteiger partial charge in [0.1, 0.15) is 0 Å². The molecule has 0 saturated carbocycles. The second-order valence-electron chi connectivity index (χ2n) is 3.55. The van der Waals surface area contributed by atoms with Gasteiger partial charge in [0.2, 0.25) is 0 Å². The van der Waals surface area contributed by atoms with Crippen LogP contribution in [-0.4, -0.2) is 32.6 Å². The molecule has 0 aromatic heterocycles. The van der Waals surface area contributed by atoms with Crippen molar-refractivity contribution >= 4 is 21.6 Å². The van der Waals surface area contributed by atoms with Crippen molar-refractivity contribution in [2.75, 3.05) is 19.1 Å². The lowest BCUT2D eigenvalue weighted by atomic mass is 10.1. The Bertz CT molecular complexity index is 452. The van der Waals surface area contributed by atoms with Crippen molar-refractivity contribution in [1.82, 2.24) is 0 Å². The van der Waals surface area contributed by atoms with Gasteiger partial charge in [-0.25, -0.2) is 8.42 Å². The first-order chi connectivity index (χ1) is 7.50. The van der Waals surface area contributed by atoms with E-state index in [9.17, 15) is 8.42 Å². The Labute approximate surface area is 101 Å². The van der Waals surface area contributed by atoms with E-state index in [1.807, 2.05) is 12.3 Å². The maximum absolute atomic E-state index is 11.6. The average Bonchev–Trinajstić information content (AvgIpc) is 2.24. The van der Waals surface area contributed by atoms with Gasteiger partial charge in [-0.05, 0) is 30.7 Å². The van der Waals surface area contributed by atoms with E-state index in [0.29, 0.717) is 17.7 Å². The molecular formula is C11H16O3S2.